The minimum absolute atomic E-state index is 0.145. The first-order valence-corrected chi connectivity index (χ1v) is 8.80. The topological polar surface area (TPSA) is 86.2 Å². The highest BCUT2D eigenvalue weighted by molar-refractivity contribution is 8.00. The lowest BCUT2D eigenvalue weighted by molar-refractivity contribution is 0.490. The van der Waals surface area contributed by atoms with Gasteiger partial charge in [-0.15, -0.1) is 0 Å². The Balaban J connectivity index is 1.99. The summed E-state index contributed by atoms with van der Waals surface area (Å²) in [5.41, 5.74) is 7.62. The molecule has 1 heterocycles. The smallest absolute Gasteiger partial charge is 0.256 e. The maximum atomic E-state index is 11.6. The van der Waals surface area contributed by atoms with Crippen LogP contribution in [0, 0.1) is 0 Å². The van der Waals surface area contributed by atoms with Crippen molar-refractivity contribution in [3.8, 4) is 0 Å². The zero-order valence-corrected chi connectivity index (χ0v) is 12.3. The number of hydrogen-bond donors (Lipinski definition) is 1. The number of nitrogen functional groups attached to an aromatic ring is 1. The normalized spacial score (nSPS) is 12.1. The quantitative estimate of drug-likeness (QED) is 0.651. The predicted octanol–water partition coefficient (Wildman–Crippen LogP) is 2.33. The standard InChI is InChI=1S/C12H16N2O3S2/c1-2-6-19(15,16)7-5-18-12-14-10-4-3-9(13)8-11(10)17-12/h3-4,8H,2,5-7,13H2,1H3. The van der Waals surface area contributed by atoms with Gasteiger partial charge in [-0.3, -0.25) is 0 Å². The molecule has 1 aromatic carbocycles. The second-order valence-electron chi connectivity index (χ2n) is 4.21. The molecule has 0 atom stereocenters. The lowest BCUT2D eigenvalue weighted by Gasteiger charge is -2.00. The van der Waals surface area contributed by atoms with Gasteiger partial charge in [-0.05, 0) is 18.6 Å². The van der Waals surface area contributed by atoms with Crippen molar-refractivity contribution in [3.63, 3.8) is 0 Å². The van der Waals surface area contributed by atoms with Crippen LogP contribution < -0.4 is 5.73 Å². The SMILES string of the molecule is CCCS(=O)(=O)CCSc1nc2ccc(N)cc2o1. The van der Waals surface area contributed by atoms with E-state index in [9.17, 15) is 8.42 Å². The summed E-state index contributed by atoms with van der Waals surface area (Å²) in [6.07, 6.45) is 0.648. The van der Waals surface area contributed by atoms with Crippen molar-refractivity contribution >= 4 is 38.4 Å². The summed E-state index contributed by atoms with van der Waals surface area (Å²) in [5, 5.41) is 0.479. The molecular weight excluding hydrogens is 284 g/mol. The first kappa shape index (κ1) is 14.2. The molecule has 2 rings (SSSR count). The van der Waals surface area contributed by atoms with Gasteiger partial charge in [0.05, 0.1) is 5.75 Å². The van der Waals surface area contributed by atoms with E-state index in [1.165, 1.54) is 11.8 Å². The van der Waals surface area contributed by atoms with Crippen molar-refractivity contribution < 1.29 is 12.8 Å². The van der Waals surface area contributed by atoms with Crippen molar-refractivity contribution in [1.82, 2.24) is 4.98 Å². The number of fused-ring (bicyclic) bond motifs is 1. The number of oxazole rings is 1. The van der Waals surface area contributed by atoms with Crippen LogP contribution in [0.15, 0.2) is 27.8 Å². The number of hydrogen-bond acceptors (Lipinski definition) is 6. The van der Waals surface area contributed by atoms with Gasteiger partial charge in [-0.1, -0.05) is 18.7 Å². The zero-order valence-electron chi connectivity index (χ0n) is 10.6. The molecular formula is C12H16N2O3S2. The summed E-state index contributed by atoms with van der Waals surface area (Å²) < 4.78 is 28.6. The average molecular weight is 300 g/mol. The van der Waals surface area contributed by atoms with E-state index < -0.39 is 9.84 Å². The Morgan fingerprint density at radius 1 is 1.37 bits per heavy atom. The van der Waals surface area contributed by atoms with Crippen LogP contribution in [0.1, 0.15) is 13.3 Å². The van der Waals surface area contributed by atoms with Crippen molar-refractivity contribution in [2.24, 2.45) is 0 Å². The van der Waals surface area contributed by atoms with E-state index >= 15 is 0 Å². The maximum Gasteiger partial charge on any atom is 0.256 e. The number of rotatable bonds is 6. The fraction of sp³-hybridized carbons (Fsp3) is 0.417. The van der Waals surface area contributed by atoms with Gasteiger partial charge in [0.25, 0.3) is 5.22 Å². The third-order valence-electron chi connectivity index (χ3n) is 2.53. The molecule has 0 aliphatic heterocycles. The predicted molar refractivity (Wildman–Crippen MR) is 78.1 cm³/mol. The summed E-state index contributed by atoms with van der Waals surface area (Å²) >= 11 is 1.31. The van der Waals surface area contributed by atoms with Crippen LogP contribution in [0.2, 0.25) is 0 Å². The summed E-state index contributed by atoms with van der Waals surface area (Å²) in [5.74, 6) is 0.828. The number of sulfone groups is 1. The second-order valence-corrected chi connectivity index (χ2v) is 7.56. The van der Waals surface area contributed by atoms with E-state index in [0.717, 1.165) is 5.52 Å². The molecule has 19 heavy (non-hydrogen) atoms. The van der Waals surface area contributed by atoms with E-state index in [2.05, 4.69) is 4.98 Å². The lowest BCUT2D eigenvalue weighted by atomic mass is 10.3. The Kier molecular flexibility index (Phi) is 4.36. The molecule has 0 saturated carbocycles. The van der Waals surface area contributed by atoms with Gasteiger partial charge in [0.15, 0.2) is 15.4 Å². The summed E-state index contributed by atoms with van der Waals surface area (Å²) in [6.45, 7) is 1.86. The van der Waals surface area contributed by atoms with Gasteiger partial charge >= 0.3 is 0 Å². The van der Waals surface area contributed by atoms with Crippen molar-refractivity contribution in [3.05, 3.63) is 18.2 Å². The molecule has 0 spiro atoms. The molecule has 0 amide bonds. The number of anilines is 1. The zero-order chi connectivity index (χ0) is 13.9. The van der Waals surface area contributed by atoms with Crippen LogP contribution in [0.3, 0.4) is 0 Å². The highest BCUT2D eigenvalue weighted by Crippen LogP contribution is 2.24. The van der Waals surface area contributed by atoms with Gasteiger partial charge in [0.2, 0.25) is 0 Å². The Morgan fingerprint density at radius 3 is 2.89 bits per heavy atom. The van der Waals surface area contributed by atoms with Crippen molar-refractivity contribution in [1.29, 1.82) is 0 Å². The Labute approximate surface area is 116 Å². The summed E-state index contributed by atoms with van der Waals surface area (Å²) in [7, 11) is -2.95. The molecule has 0 aliphatic carbocycles. The molecule has 0 fully saturated rings. The van der Waals surface area contributed by atoms with E-state index in [1.54, 1.807) is 18.2 Å². The summed E-state index contributed by atoms with van der Waals surface area (Å²) in [6, 6.07) is 5.25. The molecule has 0 saturated heterocycles. The molecule has 0 aliphatic rings. The summed E-state index contributed by atoms with van der Waals surface area (Å²) in [4.78, 5) is 4.27. The van der Waals surface area contributed by atoms with Crippen LogP contribution in [0.25, 0.3) is 11.1 Å². The first-order chi connectivity index (χ1) is 9.00. The molecule has 0 bridgehead atoms. The largest absolute Gasteiger partial charge is 0.431 e. The van der Waals surface area contributed by atoms with Gasteiger partial charge in [0, 0.05) is 23.3 Å². The van der Waals surface area contributed by atoms with Crippen LogP contribution in [0.5, 0.6) is 0 Å². The van der Waals surface area contributed by atoms with Crippen LogP contribution in [-0.4, -0.2) is 30.7 Å². The van der Waals surface area contributed by atoms with Crippen LogP contribution in [0.4, 0.5) is 5.69 Å². The van der Waals surface area contributed by atoms with Crippen molar-refractivity contribution in [2.45, 2.75) is 18.6 Å². The van der Waals surface area contributed by atoms with E-state index in [0.29, 0.717) is 28.7 Å². The van der Waals surface area contributed by atoms with E-state index in [4.69, 9.17) is 10.2 Å². The maximum absolute atomic E-state index is 11.6. The van der Waals surface area contributed by atoms with Gasteiger partial charge in [-0.2, -0.15) is 0 Å². The van der Waals surface area contributed by atoms with Crippen LogP contribution in [-0.2, 0) is 9.84 Å². The lowest BCUT2D eigenvalue weighted by Crippen LogP contribution is -2.12. The Hall–Kier alpha value is -1.21. The van der Waals surface area contributed by atoms with E-state index in [-0.39, 0.29) is 11.5 Å². The Bertz CT molecular complexity index is 665. The third kappa shape index (κ3) is 3.87. The molecule has 2 aromatic rings. The van der Waals surface area contributed by atoms with Gasteiger partial charge in [-0.25, -0.2) is 13.4 Å². The fourth-order valence-corrected chi connectivity index (χ4v) is 4.31. The number of benzene rings is 1. The molecule has 0 radical (unpaired) electrons. The minimum atomic E-state index is -2.95. The first-order valence-electron chi connectivity index (χ1n) is 5.99. The van der Waals surface area contributed by atoms with Gasteiger partial charge in [0.1, 0.15) is 5.52 Å². The number of nitrogens with two attached hydrogens (primary N) is 1. The minimum Gasteiger partial charge on any atom is -0.431 e. The average Bonchev–Trinajstić information content (AvgIpc) is 2.70. The second kappa shape index (κ2) is 5.83. The Morgan fingerprint density at radius 2 is 2.16 bits per heavy atom. The van der Waals surface area contributed by atoms with Crippen molar-refractivity contribution in [2.75, 3.05) is 23.0 Å². The number of thioether (sulfide) groups is 1. The molecule has 7 heteroatoms. The molecule has 5 nitrogen and oxygen atoms in total. The molecule has 0 unspecified atom stereocenters. The fourth-order valence-electron chi connectivity index (χ4n) is 1.65. The molecule has 104 valence electrons. The highest BCUT2D eigenvalue weighted by Gasteiger charge is 2.11. The number of aromatic nitrogens is 1. The third-order valence-corrected chi connectivity index (χ3v) is 5.47. The molecule has 2 N–H and O–H groups in total. The monoisotopic (exact) mass is 300 g/mol. The van der Waals surface area contributed by atoms with Gasteiger partial charge < -0.3 is 10.2 Å². The number of nitrogens with zero attached hydrogens (tertiary/aromatic N) is 1. The molecule has 1 aromatic heterocycles. The van der Waals surface area contributed by atoms with E-state index in [1.807, 2.05) is 6.92 Å². The van der Waals surface area contributed by atoms with Crippen LogP contribution >= 0.6 is 11.8 Å². The highest BCUT2D eigenvalue weighted by atomic mass is 32.2.